The topological polar surface area (TPSA) is 27.7 Å². The van der Waals surface area contributed by atoms with E-state index in [0.717, 1.165) is 9.99 Å². The second-order valence-corrected chi connectivity index (χ2v) is 4.55. The van der Waals surface area contributed by atoms with Gasteiger partial charge in [-0.05, 0) is 17.7 Å². The molecule has 0 aliphatic carbocycles. The van der Waals surface area contributed by atoms with Crippen molar-refractivity contribution < 1.29 is 18.6 Å². The highest BCUT2D eigenvalue weighted by molar-refractivity contribution is 14.1. The lowest BCUT2D eigenvalue weighted by atomic mass is 10.1. The first-order valence-corrected chi connectivity index (χ1v) is 7.30. The van der Waals surface area contributed by atoms with E-state index in [1.807, 2.05) is 6.07 Å². The summed E-state index contributed by atoms with van der Waals surface area (Å²) in [6, 6.07) is 6.51. The molecule has 0 saturated carbocycles. The molecule has 0 spiro atoms. The zero-order valence-electron chi connectivity index (χ0n) is 10.4. The van der Waals surface area contributed by atoms with Crippen LogP contribution in [-0.2, 0) is 14.2 Å². The summed E-state index contributed by atoms with van der Waals surface area (Å²) in [6.45, 7) is 2.16. The molecule has 0 bridgehead atoms. The Balaban J connectivity index is 2.29. The van der Waals surface area contributed by atoms with Crippen LogP contribution in [0, 0.1) is 5.82 Å². The monoisotopic (exact) mass is 368 g/mol. The van der Waals surface area contributed by atoms with Crippen LogP contribution in [0.25, 0.3) is 0 Å². The molecule has 1 aromatic rings. The molecule has 0 radical (unpaired) electrons. The number of halogens is 2. The van der Waals surface area contributed by atoms with E-state index in [2.05, 4.69) is 22.6 Å². The van der Waals surface area contributed by atoms with Crippen molar-refractivity contribution in [2.75, 3.05) is 38.0 Å². The van der Waals surface area contributed by atoms with Crippen LogP contribution in [0.5, 0.6) is 0 Å². The van der Waals surface area contributed by atoms with Crippen molar-refractivity contribution in [3.05, 3.63) is 35.6 Å². The van der Waals surface area contributed by atoms with Gasteiger partial charge < -0.3 is 14.2 Å². The summed E-state index contributed by atoms with van der Waals surface area (Å²) >= 11 is 2.23. The zero-order valence-corrected chi connectivity index (χ0v) is 12.6. The van der Waals surface area contributed by atoms with Gasteiger partial charge in [-0.15, -0.1) is 0 Å². The number of ether oxygens (including phenoxy) is 3. The van der Waals surface area contributed by atoms with E-state index in [0.29, 0.717) is 26.4 Å². The molecule has 0 fully saturated rings. The highest BCUT2D eigenvalue weighted by Crippen LogP contribution is 2.20. The van der Waals surface area contributed by atoms with Gasteiger partial charge in [0.05, 0.1) is 32.5 Å². The van der Waals surface area contributed by atoms with Crippen LogP contribution >= 0.6 is 22.6 Å². The van der Waals surface area contributed by atoms with E-state index in [-0.39, 0.29) is 11.9 Å². The molecule has 0 aliphatic heterocycles. The Morgan fingerprint density at radius 3 is 2.67 bits per heavy atom. The summed E-state index contributed by atoms with van der Waals surface area (Å²) < 4.78 is 29.7. The van der Waals surface area contributed by atoms with Gasteiger partial charge in [-0.1, -0.05) is 34.7 Å². The molecule has 5 heteroatoms. The van der Waals surface area contributed by atoms with Gasteiger partial charge in [-0.25, -0.2) is 4.39 Å². The van der Waals surface area contributed by atoms with Crippen LogP contribution < -0.4 is 0 Å². The van der Waals surface area contributed by atoms with Gasteiger partial charge in [0.25, 0.3) is 0 Å². The Morgan fingerprint density at radius 1 is 1.22 bits per heavy atom. The molecule has 1 unspecified atom stereocenters. The molecule has 102 valence electrons. The SMILES string of the molecule is COCCOCCOC(CI)c1cccc(F)c1. The first-order valence-electron chi connectivity index (χ1n) is 5.77. The second kappa shape index (κ2) is 9.66. The maximum absolute atomic E-state index is 13.1. The van der Waals surface area contributed by atoms with Crippen molar-refractivity contribution in [3.63, 3.8) is 0 Å². The summed E-state index contributed by atoms with van der Waals surface area (Å²) in [5.41, 5.74) is 0.862. The molecular weight excluding hydrogens is 350 g/mol. The van der Waals surface area contributed by atoms with Crippen LogP contribution in [0.3, 0.4) is 0 Å². The fourth-order valence-electron chi connectivity index (χ4n) is 1.43. The third kappa shape index (κ3) is 6.08. The van der Waals surface area contributed by atoms with Gasteiger partial charge in [-0.3, -0.25) is 0 Å². The van der Waals surface area contributed by atoms with Gasteiger partial charge >= 0.3 is 0 Å². The molecule has 3 nitrogen and oxygen atoms in total. The molecule has 0 aromatic heterocycles. The number of hydrogen-bond acceptors (Lipinski definition) is 3. The molecule has 0 heterocycles. The molecule has 0 saturated heterocycles. The van der Waals surface area contributed by atoms with Crippen molar-refractivity contribution in [1.82, 2.24) is 0 Å². The van der Waals surface area contributed by atoms with E-state index in [9.17, 15) is 4.39 Å². The van der Waals surface area contributed by atoms with Crippen molar-refractivity contribution in [1.29, 1.82) is 0 Å². The molecule has 1 rings (SSSR count). The normalized spacial score (nSPS) is 12.6. The third-order valence-electron chi connectivity index (χ3n) is 2.34. The van der Waals surface area contributed by atoms with E-state index >= 15 is 0 Å². The summed E-state index contributed by atoms with van der Waals surface area (Å²) in [6.07, 6.45) is -0.0904. The van der Waals surface area contributed by atoms with Gasteiger partial charge in [0.1, 0.15) is 5.82 Å². The average Bonchev–Trinajstić information content (AvgIpc) is 2.38. The van der Waals surface area contributed by atoms with E-state index in [1.165, 1.54) is 12.1 Å². The minimum absolute atomic E-state index is 0.0904. The molecule has 1 aromatic carbocycles. The predicted molar refractivity (Wildman–Crippen MR) is 76.7 cm³/mol. The summed E-state index contributed by atoms with van der Waals surface area (Å²) in [5.74, 6) is -0.234. The Bertz CT molecular complexity index is 336. The molecule has 1 atom stereocenters. The van der Waals surface area contributed by atoms with Crippen LogP contribution in [0.1, 0.15) is 11.7 Å². The predicted octanol–water partition coefficient (Wildman–Crippen LogP) is 2.98. The first-order chi connectivity index (χ1) is 8.77. The van der Waals surface area contributed by atoms with Gasteiger partial charge in [0.2, 0.25) is 0 Å². The van der Waals surface area contributed by atoms with Crippen molar-refractivity contribution >= 4 is 22.6 Å². The fraction of sp³-hybridized carbons (Fsp3) is 0.538. The quantitative estimate of drug-likeness (QED) is 0.381. The minimum Gasteiger partial charge on any atom is -0.382 e. The molecule has 0 N–H and O–H groups in total. The number of benzene rings is 1. The second-order valence-electron chi connectivity index (χ2n) is 3.67. The van der Waals surface area contributed by atoms with Crippen LogP contribution in [0.4, 0.5) is 4.39 Å². The Kier molecular flexibility index (Phi) is 8.49. The van der Waals surface area contributed by atoms with Crippen LogP contribution in [-0.4, -0.2) is 38.0 Å². The largest absolute Gasteiger partial charge is 0.382 e. The fourth-order valence-corrected chi connectivity index (χ4v) is 2.19. The molecule has 0 amide bonds. The third-order valence-corrected chi connectivity index (χ3v) is 3.14. The summed E-state index contributed by atoms with van der Waals surface area (Å²) in [4.78, 5) is 0. The molecular formula is C13H18FIO3. The highest BCUT2D eigenvalue weighted by Gasteiger charge is 2.10. The number of alkyl halides is 1. The maximum atomic E-state index is 13.1. The zero-order chi connectivity index (χ0) is 13.2. The summed E-state index contributed by atoms with van der Waals surface area (Å²) in [7, 11) is 1.63. The molecule has 18 heavy (non-hydrogen) atoms. The van der Waals surface area contributed by atoms with E-state index < -0.39 is 0 Å². The summed E-state index contributed by atoms with van der Waals surface area (Å²) in [5, 5.41) is 0. The maximum Gasteiger partial charge on any atom is 0.123 e. The van der Waals surface area contributed by atoms with Gasteiger partial charge in [0, 0.05) is 11.5 Å². The van der Waals surface area contributed by atoms with Gasteiger partial charge in [-0.2, -0.15) is 0 Å². The number of rotatable bonds is 9. The highest BCUT2D eigenvalue weighted by atomic mass is 127. The smallest absolute Gasteiger partial charge is 0.123 e. The lowest BCUT2D eigenvalue weighted by Gasteiger charge is -2.16. The number of hydrogen-bond donors (Lipinski definition) is 0. The lowest BCUT2D eigenvalue weighted by molar-refractivity contribution is 0.00115. The van der Waals surface area contributed by atoms with Crippen molar-refractivity contribution in [3.8, 4) is 0 Å². The van der Waals surface area contributed by atoms with Crippen molar-refractivity contribution in [2.24, 2.45) is 0 Å². The van der Waals surface area contributed by atoms with E-state index in [4.69, 9.17) is 14.2 Å². The first kappa shape index (κ1) is 15.8. The van der Waals surface area contributed by atoms with E-state index in [1.54, 1.807) is 13.2 Å². The van der Waals surface area contributed by atoms with Crippen LogP contribution in [0.2, 0.25) is 0 Å². The lowest BCUT2D eigenvalue weighted by Crippen LogP contribution is -2.12. The average molecular weight is 368 g/mol. The Hall–Kier alpha value is -0.240. The van der Waals surface area contributed by atoms with Gasteiger partial charge in [0.15, 0.2) is 0 Å². The van der Waals surface area contributed by atoms with Crippen LogP contribution in [0.15, 0.2) is 24.3 Å². The Morgan fingerprint density at radius 2 is 2.00 bits per heavy atom. The number of methoxy groups -OCH3 is 1. The standard InChI is InChI=1S/C13H18FIO3/c1-16-5-6-17-7-8-18-13(10-15)11-3-2-4-12(14)9-11/h2-4,9,13H,5-8,10H2,1H3. The Labute approximate surface area is 121 Å². The van der Waals surface area contributed by atoms with Crippen molar-refractivity contribution in [2.45, 2.75) is 6.10 Å². The molecule has 0 aliphatic rings. The minimum atomic E-state index is -0.234.